The maximum Gasteiger partial charge on any atom is 0.338 e. The van der Waals surface area contributed by atoms with E-state index in [1.54, 1.807) is 12.1 Å². The molecule has 0 aromatic heterocycles. The van der Waals surface area contributed by atoms with E-state index < -0.39 is 0 Å². The monoisotopic (exact) mass is 320 g/mol. The maximum atomic E-state index is 11.8. The Morgan fingerprint density at radius 1 is 1.00 bits per heavy atom. The van der Waals surface area contributed by atoms with E-state index in [0.717, 1.165) is 18.3 Å². The molecule has 1 rings (SSSR count). The number of carbonyl (C=O) groups excluding carboxylic acids is 1. The van der Waals surface area contributed by atoms with Gasteiger partial charge in [0.05, 0.1) is 12.2 Å². The van der Waals surface area contributed by atoms with Crippen LogP contribution in [0.5, 0.6) is 5.75 Å². The van der Waals surface area contributed by atoms with E-state index >= 15 is 0 Å². The van der Waals surface area contributed by atoms with Crippen LogP contribution in [0.15, 0.2) is 24.3 Å². The highest BCUT2D eigenvalue weighted by Crippen LogP contribution is 2.20. The van der Waals surface area contributed by atoms with Crippen LogP contribution in [0, 0.1) is 17.8 Å². The van der Waals surface area contributed by atoms with E-state index in [0.29, 0.717) is 18.1 Å². The van der Waals surface area contributed by atoms with Gasteiger partial charge < -0.3 is 9.84 Å². The summed E-state index contributed by atoms with van der Waals surface area (Å²) in [6, 6.07) is 6.16. The lowest BCUT2D eigenvalue weighted by atomic mass is 9.91. The van der Waals surface area contributed by atoms with Crippen LogP contribution in [0.3, 0.4) is 0 Å². The van der Waals surface area contributed by atoms with Crippen LogP contribution < -0.4 is 0 Å². The third kappa shape index (κ3) is 8.63. The first-order valence-corrected chi connectivity index (χ1v) is 8.84. The molecule has 0 radical (unpaired) electrons. The summed E-state index contributed by atoms with van der Waals surface area (Å²) < 4.78 is 5.30. The number of phenols is 1. The highest BCUT2D eigenvalue weighted by molar-refractivity contribution is 5.89. The zero-order valence-electron chi connectivity index (χ0n) is 15.0. The highest BCUT2D eigenvalue weighted by atomic mass is 16.5. The zero-order valence-corrected chi connectivity index (χ0v) is 15.0. The fourth-order valence-electron chi connectivity index (χ4n) is 2.92. The van der Waals surface area contributed by atoms with Crippen molar-refractivity contribution in [2.45, 2.75) is 59.8 Å². The van der Waals surface area contributed by atoms with Gasteiger partial charge in [-0.15, -0.1) is 0 Å². The number of rotatable bonds is 10. The molecule has 23 heavy (non-hydrogen) atoms. The van der Waals surface area contributed by atoms with Crippen molar-refractivity contribution in [2.75, 3.05) is 6.61 Å². The second-order valence-corrected chi connectivity index (χ2v) is 7.24. The topological polar surface area (TPSA) is 46.5 Å². The number of hydrogen-bond acceptors (Lipinski definition) is 3. The Labute approximate surface area is 141 Å². The van der Waals surface area contributed by atoms with Gasteiger partial charge in [-0.3, -0.25) is 0 Å². The summed E-state index contributed by atoms with van der Waals surface area (Å²) in [4.78, 5) is 11.8. The molecule has 3 heteroatoms. The molecule has 0 aliphatic heterocycles. The molecular weight excluding hydrogens is 288 g/mol. The lowest BCUT2D eigenvalue weighted by Crippen LogP contribution is -2.09. The van der Waals surface area contributed by atoms with Crippen LogP contribution in [0.2, 0.25) is 0 Å². The fourth-order valence-corrected chi connectivity index (χ4v) is 2.92. The number of esters is 1. The van der Waals surface area contributed by atoms with Gasteiger partial charge in [-0.1, -0.05) is 47.0 Å². The number of hydrogen-bond donors (Lipinski definition) is 1. The van der Waals surface area contributed by atoms with E-state index in [-0.39, 0.29) is 11.7 Å². The Hall–Kier alpha value is -1.51. The smallest absolute Gasteiger partial charge is 0.338 e. The van der Waals surface area contributed by atoms with Crippen molar-refractivity contribution in [3.63, 3.8) is 0 Å². The van der Waals surface area contributed by atoms with E-state index in [1.165, 1.54) is 37.8 Å². The van der Waals surface area contributed by atoms with Gasteiger partial charge in [0.1, 0.15) is 5.75 Å². The van der Waals surface area contributed by atoms with Crippen molar-refractivity contribution in [3.8, 4) is 5.75 Å². The average molecular weight is 320 g/mol. The van der Waals surface area contributed by atoms with Crippen LogP contribution in [-0.4, -0.2) is 17.7 Å². The Bertz CT molecular complexity index is 450. The summed E-state index contributed by atoms with van der Waals surface area (Å²) in [5.41, 5.74) is 0.484. The average Bonchev–Trinajstić information content (AvgIpc) is 2.47. The molecule has 0 saturated heterocycles. The van der Waals surface area contributed by atoms with Crippen LogP contribution in [0.4, 0.5) is 0 Å². The fraction of sp³-hybridized carbons (Fsp3) is 0.650. The van der Waals surface area contributed by atoms with Gasteiger partial charge in [0.25, 0.3) is 0 Å². The van der Waals surface area contributed by atoms with Gasteiger partial charge in [0.2, 0.25) is 0 Å². The standard InChI is InChI=1S/C20H32O3/c1-15(2)14-17(4)7-5-6-16(3)12-13-23-20(22)18-8-10-19(21)11-9-18/h8-11,15-17,21H,5-7,12-14H2,1-4H3. The third-order valence-electron chi connectivity index (χ3n) is 4.21. The third-order valence-corrected chi connectivity index (χ3v) is 4.21. The summed E-state index contributed by atoms with van der Waals surface area (Å²) in [6.45, 7) is 9.58. The van der Waals surface area contributed by atoms with Crippen molar-refractivity contribution in [2.24, 2.45) is 17.8 Å². The summed E-state index contributed by atoms with van der Waals surface area (Å²) >= 11 is 0. The second-order valence-electron chi connectivity index (χ2n) is 7.24. The molecular formula is C20H32O3. The number of benzene rings is 1. The number of carbonyl (C=O) groups is 1. The van der Waals surface area contributed by atoms with E-state index in [9.17, 15) is 9.90 Å². The largest absolute Gasteiger partial charge is 0.508 e. The van der Waals surface area contributed by atoms with Crippen LogP contribution in [-0.2, 0) is 4.74 Å². The second kappa shape index (κ2) is 10.3. The Morgan fingerprint density at radius 2 is 1.61 bits per heavy atom. The summed E-state index contributed by atoms with van der Waals surface area (Å²) in [7, 11) is 0. The van der Waals surface area contributed by atoms with Gasteiger partial charge in [-0.2, -0.15) is 0 Å². The van der Waals surface area contributed by atoms with Crippen LogP contribution >= 0.6 is 0 Å². The van der Waals surface area contributed by atoms with Crippen molar-refractivity contribution in [1.29, 1.82) is 0 Å². The van der Waals surface area contributed by atoms with Crippen LogP contribution in [0.25, 0.3) is 0 Å². The molecule has 0 amide bonds. The molecule has 2 unspecified atom stereocenters. The highest BCUT2D eigenvalue weighted by Gasteiger charge is 2.10. The van der Waals surface area contributed by atoms with E-state index in [1.807, 2.05) is 0 Å². The molecule has 0 aliphatic carbocycles. The Balaban J connectivity index is 2.15. The zero-order chi connectivity index (χ0) is 17.2. The maximum absolute atomic E-state index is 11.8. The van der Waals surface area contributed by atoms with Crippen LogP contribution in [0.1, 0.15) is 70.2 Å². The quantitative estimate of drug-likeness (QED) is 0.585. The van der Waals surface area contributed by atoms with E-state index in [4.69, 9.17) is 4.74 Å². The number of aromatic hydroxyl groups is 1. The molecule has 1 aromatic rings. The minimum atomic E-state index is -0.317. The minimum Gasteiger partial charge on any atom is -0.508 e. The lowest BCUT2D eigenvalue weighted by molar-refractivity contribution is 0.0483. The predicted octanol–water partition coefficient (Wildman–Crippen LogP) is 5.43. The molecule has 0 heterocycles. The predicted molar refractivity (Wildman–Crippen MR) is 94.6 cm³/mol. The summed E-state index contributed by atoms with van der Waals surface area (Å²) in [5, 5.41) is 9.20. The number of ether oxygens (including phenoxy) is 1. The van der Waals surface area contributed by atoms with E-state index in [2.05, 4.69) is 27.7 Å². The van der Waals surface area contributed by atoms with Gasteiger partial charge >= 0.3 is 5.97 Å². The molecule has 0 saturated carbocycles. The van der Waals surface area contributed by atoms with Crippen molar-refractivity contribution >= 4 is 5.97 Å². The minimum absolute atomic E-state index is 0.155. The molecule has 0 bridgehead atoms. The SMILES string of the molecule is CC(C)CC(C)CCCC(C)CCOC(=O)c1ccc(O)cc1. The summed E-state index contributed by atoms with van der Waals surface area (Å²) in [5.74, 6) is 2.00. The molecule has 1 N–H and O–H groups in total. The molecule has 0 spiro atoms. The first-order chi connectivity index (χ1) is 10.9. The lowest BCUT2D eigenvalue weighted by Gasteiger charge is -2.16. The molecule has 130 valence electrons. The Morgan fingerprint density at radius 3 is 2.22 bits per heavy atom. The number of phenolic OH excluding ortho intramolecular Hbond substituents is 1. The molecule has 0 fully saturated rings. The molecule has 2 atom stereocenters. The van der Waals surface area contributed by atoms with Gasteiger partial charge in [-0.25, -0.2) is 4.79 Å². The normalized spacial score (nSPS) is 13.8. The van der Waals surface area contributed by atoms with Crippen molar-refractivity contribution in [3.05, 3.63) is 29.8 Å². The van der Waals surface area contributed by atoms with Crippen molar-refractivity contribution < 1.29 is 14.6 Å². The van der Waals surface area contributed by atoms with Gasteiger partial charge in [0, 0.05) is 0 Å². The molecule has 3 nitrogen and oxygen atoms in total. The Kier molecular flexibility index (Phi) is 8.75. The summed E-state index contributed by atoms with van der Waals surface area (Å²) in [6.07, 6.45) is 5.94. The van der Waals surface area contributed by atoms with Crippen molar-refractivity contribution in [1.82, 2.24) is 0 Å². The molecule has 0 aliphatic rings. The van der Waals surface area contributed by atoms with Gasteiger partial charge in [-0.05, 0) is 54.9 Å². The first-order valence-electron chi connectivity index (χ1n) is 8.84. The molecule has 1 aromatic carbocycles. The van der Waals surface area contributed by atoms with Gasteiger partial charge in [0.15, 0.2) is 0 Å². The first kappa shape index (κ1) is 19.5.